The summed E-state index contributed by atoms with van der Waals surface area (Å²) in [4.78, 5) is 37.9. The molecule has 1 aliphatic rings. The highest BCUT2D eigenvalue weighted by atomic mass is 16.3. The van der Waals surface area contributed by atoms with Crippen LogP contribution < -0.4 is 15.5 Å². The van der Waals surface area contributed by atoms with Crippen molar-refractivity contribution in [2.24, 2.45) is 0 Å². The number of hydrogen-bond acceptors (Lipinski definition) is 4. The molecule has 0 aromatic heterocycles. The largest absolute Gasteiger partial charge is 0.396 e. The quantitative estimate of drug-likeness (QED) is 0.529. The number of aliphatic hydroxyl groups is 1. The van der Waals surface area contributed by atoms with Gasteiger partial charge in [-0.15, -0.1) is 0 Å². The summed E-state index contributed by atoms with van der Waals surface area (Å²) >= 11 is 0. The smallest absolute Gasteiger partial charge is 0.310 e. The van der Waals surface area contributed by atoms with Crippen LogP contribution in [0.1, 0.15) is 31.9 Å². The van der Waals surface area contributed by atoms with Gasteiger partial charge in [0, 0.05) is 30.4 Å². The first kappa shape index (κ1) is 17.0. The first-order valence-electron chi connectivity index (χ1n) is 7.59. The van der Waals surface area contributed by atoms with Crippen LogP contribution in [0.5, 0.6) is 0 Å². The van der Waals surface area contributed by atoms with Crippen LogP contribution in [0.4, 0.5) is 5.69 Å². The molecule has 1 heterocycles. The van der Waals surface area contributed by atoms with Crippen molar-refractivity contribution in [2.75, 3.05) is 18.1 Å². The number of carbonyl (C=O) groups excluding carboxylic acids is 3. The summed E-state index contributed by atoms with van der Waals surface area (Å²) in [5, 5.41) is 13.6. The average Bonchev–Trinajstić information content (AvgIpc) is 2.80. The van der Waals surface area contributed by atoms with E-state index in [0.717, 1.165) is 5.69 Å². The van der Waals surface area contributed by atoms with Crippen molar-refractivity contribution in [3.05, 3.63) is 29.8 Å². The Morgan fingerprint density at radius 2 is 1.96 bits per heavy atom. The number of anilines is 1. The number of hydrogen-bond donors (Lipinski definition) is 3. The zero-order valence-electron chi connectivity index (χ0n) is 13.2. The molecule has 0 unspecified atom stereocenters. The predicted molar refractivity (Wildman–Crippen MR) is 84.7 cm³/mol. The lowest BCUT2D eigenvalue weighted by molar-refractivity contribution is -0.140. The van der Waals surface area contributed by atoms with Gasteiger partial charge >= 0.3 is 11.8 Å². The summed E-state index contributed by atoms with van der Waals surface area (Å²) in [7, 11) is 0. The van der Waals surface area contributed by atoms with E-state index in [9.17, 15) is 14.4 Å². The number of benzene rings is 1. The molecule has 0 saturated heterocycles. The molecule has 0 spiro atoms. The lowest BCUT2D eigenvalue weighted by atomic mass is 10.1. The van der Waals surface area contributed by atoms with E-state index in [4.69, 9.17) is 5.11 Å². The maximum atomic E-state index is 12.6. The van der Waals surface area contributed by atoms with Crippen molar-refractivity contribution in [1.29, 1.82) is 0 Å². The third-order valence-corrected chi connectivity index (χ3v) is 3.61. The van der Waals surface area contributed by atoms with Gasteiger partial charge in [0.2, 0.25) is 0 Å². The molecule has 124 valence electrons. The fraction of sp³-hybridized carbons (Fsp3) is 0.438. The highest BCUT2D eigenvalue weighted by Crippen LogP contribution is 2.36. The van der Waals surface area contributed by atoms with E-state index in [1.807, 2.05) is 26.0 Å². The molecule has 3 amide bonds. The van der Waals surface area contributed by atoms with Crippen LogP contribution >= 0.6 is 0 Å². The van der Waals surface area contributed by atoms with Gasteiger partial charge in [0.15, 0.2) is 0 Å². The number of aliphatic hydroxyl groups excluding tert-OH is 1. The second-order valence-electron chi connectivity index (χ2n) is 5.60. The molecule has 0 bridgehead atoms. The van der Waals surface area contributed by atoms with Gasteiger partial charge in [-0.2, -0.15) is 0 Å². The molecule has 1 atom stereocenters. The molecule has 0 radical (unpaired) electrons. The third kappa shape index (κ3) is 3.50. The molecule has 1 aliphatic heterocycles. The van der Waals surface area contributed by atoms with Crippen molar-refractivity contribution in [1.82, 2.24) is 10.6 Å². The van der Waals surface area contributed by atoms with Gasteiger partial charge in [0.05, 0.1) is 0 Å². The molecule has 7 nitrogen and oxygen atoms in total. The van der Waals surface area contributed by atoms with Gasteiger partial charge in [-0.1, -0.05) is 18.2 Å². The molecule has 1 aromatic rings. The van der Waals surface area contributed by atoms with E-state index in [1.54, 1.807) is 17.0 Å². The number of nitrogens with one attached hydrogen (secondary N) is 2. The van der Waals surface area contributed by atoms with E-state index in [-0.39, 0.29) is 25.1 Å². The Hall–Kier alpha value is -2.41. The van der Waals surface area contributed by atoms with E-state index < -0.39 is 17.9 Å². The number of amides is 3. The fourth-order valence-corrected chi connectivity index (χ4v) is 2.57. The summed E-state index contributed by atoms with van der Waals surface area (Å²) in [5.74, 6) is -1.92. The van der Waals surface area contributed by atoms with Crippen LogP contribution in [-0.2, 0) is 14.4 Å². The predicted octanol–water partition coefficient (Wildman–Crippen LogP) is 0.0975. The van der Waals surface area contributed by atoms with Crippen LogP contribution in [0.25, 0.3) is 0 Å². The molecule has 3 N–H and O–H groups in total. The number of nitrogens with zero attached hydrogens (tertiary/aromatic N) is 1. The molecular weight excluding hydrogens is 298 g/mol. The lowest BCUT2D eigenvalue weighted by Crippen LogP contribution is -2.45. The molecular formula is C16H21N3O4. The van der Waals surface area contributed by atoms with E-state index in [0.29, 0.717) is 12.0 Å². The first-order chi connectivity index (χ1) is 11.0. The van der Waals surface area contributed by atoms with E-state index >= 15 is 0 Å². The van der Waals surface area contributed by atoms with Gasteiger partial charge < -0.3 is 20.6 Å². The summed E-state index contributed by atoms with van der Waals surface area (Å²) in [6.07, 6.45) is 0.366. The highest BCUT2D eigenvalue weighted by molar-refractivity contribution is 6.35. The first-order valence-corrected chi connectivity index (χ1v) is 7.59. The van der Waals surface area contributed by atoms with Crippen molar-refractivity contribution in [2.45, 2.75) is 32.4 Å². The maximum absolute atomic E-state index is 12.6. The van der Waals surface area contributed by atoms with Crippen molar-refractivity contribution >= 4 is 23.4 Å². The SMILES string of the molecule is CC(C)N1C(=O)[C@H](NC(=O)C(=O)NCCCO)c2ccccc21. The highest BCUT2D eigenvalue weighted by Gasteiger charge is 2.39. The molecule has 0 saturated carbocycles. The number of carbonyl (C=O) groups is 3. The molecule has 0 fully saturated rings. The van der Waals surface area contributed by atoms with Crippen LogP contribution in [0, 0.1) is 0 Å². The van der Waals surface area contributed by atoms with Gasteiger partial charge in [-0.25, -0.2) is 0 Å². The Morgan fingerprint density at radius 1 is 1.26 bits per heavy atom. The summed E-state index contributed by atoms with van der Waals surface area (Å²) in [6, 6.07) is 6.29. The summed E-state index contributed by atoms with van der Waals surface area (Å²) in [6.45, 7) is 3.91. The second kappa shape index (κ2) is 7.23. The minimum Gasteiger partial charge on any atom is -0.396 e. The van der Waals surface area contributed by atoms with Gasteiger partial charge in [-0.05, 0) is 26.3 Å². The number of para-hydroxylation sites is 1. The Labute approximate surface area is 134 Å². The van der Waals surface area contributed by atoms with Crippen molar-refractivity contribution in [3.63, 3.8) is 0 Å². The number of rotatable bonds is 5. The third-order valence-electron chi connectivity index (χ3n) is 3.61. The second-order valence-corrected chi connectivity index (χ2v) is 5.60. The van der Waals surface area contributed by atoms with E-state index in [2.05, 4.69) is 10.6 Å². The van der Waals surface area contributed by atoms with E-state index in [1.165, 1.54) is 0 Å². The monoisotopic (exact) mass is 319 g/mol. The van der Waals surface area contributed by atoms with Gasteiger partial charge in [-0.3, -0.25) is 14.4 Å². The van der Waals surface area contributed by atoms with Crippen LogP contribution in [0.15, 0.2) is 24.3 Å². The Bertz CT molecular complexity index is 615. The summed E-state index contributed by atoms with van der Waals surface area (Å²) < 4.78 is 0. The lowest BCUT2D eigenvalue weighted by Gasteiger charge is -2.22. The maximum Gasteiger partial charge on any atom is 0.310 e. The Balaban J connectivity index is 2.12. The van der Waals surface area contributed by atoms with Gasteiger partial charge in [0.1, 0.15) is 6.04 Å². The van der Waals surface area contributed by atoms with Crippen LogP contribution in [0.3, 0.4) is 0 Å². The Kier molecular flexibility index (Phi) is 5.33. The zero-order valence-corrected chi connectivity index (χ0v) is 13.2. The zero-order chi connectivity index (χ0) is 17.0. The summed E-state index contributed by atoms with van der Waals surface area (Å²) in [5.41, 5.74) is 1.43. The molecule has 0 aliphatic carbocycles. The molecule has 23 heavy (non-hydrogen) atoms. The molecule has 1 aromatic carbocycles. The Morgan fingerprint density at radius 3 is 2.61 bits per heavy atom. The molecule has 2 rings (SSSR count). The van der Waals surface area contributed by atoms with Crippen molar-refractivity contribution in [3.8, 4) is 0 Å². The fourth-order valence-electron chi connectivity index (χ4n) is 2.57. The normalized spacial score (nSPS) is 16.4. The average molecular weight is 319 g/mol. The van der Waals surface area contributed by atoms with Crippen molar-refractivity contribution < 1.29 is 19.5 Å². The minimum absolute atomic E-state index is 0.0519. The van der Waals surface area contributed by atoms with Crippen LogP contribution in [0.2, 0.25) is 0 Å². The van der Waals surface area contributed by atoms with Crippen LogP contribution in [-0.4, -0.2) is 42.0 Å². The van der Waals surface area contributed by atoms with Gasteiger partial charge in [0.25, 0.3) is 5.91 Å². The molecule has 7 heteroatoms. The topological polar surface area (TPSA) is 98.7 Å². The number of fused-ring (bicyclic) bond motifs is 1. The standard InChI is InChI=1S/C16H21N3O4/c1-10(2)19-12-7-4-3-6-11(12)13(16(19)23)18-15(22)14(21)17-8-5-9-20/h3-4,6-7,10,13,20H,5,8-9H2,1-2H3,(H,17,21)(H,18,22)/t13-/m1/s1. The minimum atomic E-state index is -0.860.